The van der Waals surface area contributed by atoms with Gasteiger partial charge in [0.05, 0.1) is 18.5 Å². The average Bonchev–Trinajstić information content (AvgIpc) is 2.87. The quantitative estimate of drug-likeness (QED) is 0.781. The fourth-order valence-electron chi connectivity index (χ4n) is 2.02. The van der Waals surface area contributed by atoms with Crippen LogP contribution in [0.3, 0.4) is 0 Å². The highest BCUT2D eigenvalue weighted by molar-refractivity contribution is 7.89. The van der Waals surface area contributed by atoms with E-state index >= 15 is 0 Å². The third-order valence-electron chi connectivity index (χ3n) is 3.08. The number of nitrogens with zero attached hydrogens (tertiary/aromatic N) is 3. The van der Waals surface area contributed by atoms with Gasteiger partial charge in [0.15, 0.2) is 0 Å². The van der Waals surface area contributed by atoms with Crippen molar-refractivity contribution in [2.45, 2.75) is 32.3 Å². The molecule has 0 saturated carbocycles. The average molecular weight is 285 g/mol. The Labute approximate surface area is 113 Å². The van der Waals surface area contributed by atoms with E-state index in [0.29, 0.717) is 31.8 Å². The maximum Gasteiger partial charge on any atom is 0.232 e. The van der Waals surface area contributed by atoms with Gasteiger partial charge in [0.25, 0.3) is 0 Å². The molecule has 7 heteroatoms. The summed E-state index contributed by atoms with van der Waals surface area (Å²) in [6.45, 7) is 2.92. The molecule has 1 fully saturated rings. The predicted molar refractivity (Wildman–Crippen MR) is 71.3 cm³/mol. The molecule has 1 unspecified atom stereocenters. The zero-order valence-electron chi connectivity index (χ0n) is 11.0. The van der Waals surface area contributed by atoms with E-state index < -0.39 is 10.0 Å². The highest BCUT2D eigenvalue weighted by atomic mass is 32.2. The number of sulfonamides is 1. The smallest absolute Gasteiger partial charge is 0.232 e. The second-order valence-electron chi connectivity index (χ2n) is 4.60. The van der Waals surface area contributed by atoms with Gasteiger partial charge in [-0.15, -0.1) is 0 Å². The Hall–Kier alpha value is -1.21. The van der Waals surface area contributed by atoms with Crippen LogP contribution >= 0.6 is 0 Å². The molecular weight excluding hydrogens is 266 g/mol. The van der Waals surface area contributed by atoms with Crippen LogP contribution in [0.5, 0.6) is 5.88 Å². The van der Waals surface area contributed by atoms with E-state index in [1.165, 1.54) is 10.5 Å². The molecule has 106 valence electrons. The molecule has 0 amide bonds. The summed E-state index contributed by atoms with van der Waals surface area (Å²) in [5.74, 6) is 0.668. The Morgan fingerprint density at radius 2 is 2.32 bits per heavy atom. The normalized spacial score (nSPS) is 20.6. The first-order chi connectivity index (χ1) is 9.12. The summed E-state index contributed by atoms with van der Waals surface area (Å²) < 4.78 is 31.2. The monoisotopic (exact) mass is 285 g/mol. The molecule has 0 bridgehead atoms. The van der Waals surface area contributed by atoms with Gasteiger partial charge in [0.2, 0.25) is 15.9 Å². The van der Waals surface area contributed by atoms with Crippen LogP contribution in [0.4, 0.5) is 0 Å². The van der Waals surface area contributed by atoms with Crippen LogP contribution in [-0.2, 0) is 10.0 Å². The van der Waals surface area contributed by atoms with E-state index in [2.05, 4.69) is 9.97 Å². The van der Waals surface area contributed by atoms with Gasteiger partial charge in [-0.05, 0) is 12.8 Å². The van der Waals surface area contributed by atoms with Gasteiger partial charge in [-0.3, -0.25) is 4.98 Å². The number of aromatic nitrogens is 2. The van der Waals surface area contributed by atoms with Crippen LogP contribution in [-0.4, -0.2) is 47.6 Å². The van der Waals surface area contributed by atoms with Crippen LogP contribution in [0.25, 0.3) is 0 Å². The summed E-state index contributed by atoms with van der Waals surface area (Å²) in [4.78, 5) is 7.94. The summed E-state index contributed by atoms with van der Waals surface area (Å²) in [6, 6.07) is 0. The minimum Gasteiger partial charge on any atom is -0.472 e. The van der Waals surface area contributed by atoms with Crippen molar-refractivity contribution in [1.82, 2.24) is 14.3 Å². The molecule has 2 rings (SSSR count). The lowest BCUT2D eigenvalue weighted by molar-refractivity contribution is 0.206. The molecule has 0 aliphatic carbocycles. The van der Waals surface area contributed by atoms with Crippen LogP contribution in [0.15, 0.2) is 18.6 Å². The molecule has 1 aliphatic rings. The van der Waals surface area contributed by atoms with E-state index in [0.717, 1.165) is 6.42 Å². The zero-order chi connectivity index (χ0) is 13.7. The molecule has 1 aromatic rings. The molecule has 1 atom stereocenters. The number of rotatable bonds is 6. The van der Waals surface area contributed by atoms with Crippen molar-refractivity contribution in [3.05, 3.63) is 18.6 Å². The van der Waals surface area contributed by atoms with E-state index in [-0.39, 0.29) is 11.9 Å². The fraction of sp³-hybridized carbons (Fsp3) is 0.667. The van der Waals surface area contributed by atoms with Crippen molar-refractivity contribution >= 4 is 10.0 Å². The Kier molecular flexibility index (Phi) is 4.71. The maximum atomic E-state index is 12.0. The molecule has 0 spiro atoms. The van der Waals surface area contributed by atoms with Crippen molar-refractivity contribution in [1.29, 1.82) is 0 Å². The van der Waals surface area contributed by atoms with E-state index in [1.807, 2.05) is 6.92 Å². The summed E-state index contributed by atoms with van der Waals surface area (Å²) in [5.41, 5.74) is 0. The van der Waals surface area contributed by atoms with Gasteiger partial charge in [-0.25, -0.2) is 13.4 Å². The maximum absolute atomic E-state index is 12.0. The molecule has 1 aliphatic heterocycles. The van der Waals surface area contributed by atoms with Crippen LogP contribution in [0.1, 0.15) is 26.2 Å². The molecular formula is C12H19N3O3S. The molecule has 2 heterocycles. The SMILES string of the molecule is CCCCS(=O)(=O)N1CCC(Oc2cnccn2)C1. The van der Waals surface area contributed by atoms with Gasteiger partial charge in [-0.1, -0.05) is 13.3 Å². The van der Waals surface area contributed by atoms with E-state index in [1.54, 1.807) is 12.4 Å². The first kappa shape index (κ1) is 14.2. The predicted octanol–water partition coefficient (Wildman–Crippen LogP) is 1.06. The largest absolute Gasteiger partial charge is 0.472 e. The number of ether oxygens (including phenoxy) is 1. The van der Waals surface area contributed by atoms with Crippen molar-refractivity contribution in [3.8, 4) is 5.88 Å². The Morgan fingerprint density at radius 3 is 3.00 bits per heavy atom. The molecule has 0 N–H and O–H groups in total. The topological polar surface area (TPSA) is 72.4 Å². The van der Waals surface area contributed by atoms with Crippen molar-refractivity contribution in [3.63, 3.8) is 0 Å². The van der Waals surface area contributed by atoms with Gasteiger partial charge < -0.3 is 4.74 Å². The summed E-state index contributed by atoms with van der Waals surface area (Å²) >= 11 is 0. The number of hydrogen-bond donors (Lipinski definition) is 0. The van der Waals surface area contributed by atoms with Crippen molar-refractivity contribution in [2.24, 2.45) is 0 Å². The molecule has 0 radical (unpaired) electrons. The lowest BCUT2D eigenvalue weighted by atomic mass is 10.3. The van der Waals surface area contributed by atoms with Crippen LogP contribution < -0.4 is 4.74 Å². The second-order valence-corrected chi connectivity index (χ2v) is 6.69. The molecule has 6 nitrogen and oxygen atoms in total. The summed E-state index contributed by atoms with van der Waals surface area (Å²) in [5, 5.41) is 0. The standard InChI is InChI=1S/C12H19N3O3S/c1-2-3-8-19(16,17)15-7-4-11(10-15)18-12-9-13-5-6-14-12/h5-6,9,11H,2-4,7-8,10H2,1H3. The number of unbranched alkanes of at least 4 members (excludes halogenated alkanes) is 1. The Morgan fingerprint density at radius 1 is 1.47 bits per heavy atom. The van der Waals surface area contributed by atoms with E-state index in [4.69, 9.17) is 4.74 Å². The molecule has 1 saturated heterocycles. The minimum absolute atomic E-state index is 0.131. The van der Waals surface area contributed by atoms with Gasteiger partial charge in [0.1, 0.15) is 6.10 Å². The summed E-state index contributed by atoms with van der Waals surface area (Å²) in [6.07, 6.45) is 6.81. The fourth-order valence-corrected chi connectivity index (χ4v) is 3.71. The van der Waals surface area contributed by atoms with Crippen LogP contribution in [0.2, 0.25) is 0 Å². The lowest BCUT2D eigenvalue weighted by Crippen LogP contribution is -2.32. The first-order valence-electron chi connectivity index (χ1n) is 6.52. The zero-order valence-corrected chi connectivity index (χ0v) is 11.8. The third-order valence-corrected chi connectivity index (χ3v) is 5.01. The van der Waals surface area contributed by atoms with Crippen molar-refractivity contribution < 1.29 is 13.2 Å². The first-order valence-corrected chi connectivity index (χ1v) is 8.13. The van der Waals surface area contributed by atoms with Crippen LogP contribution in [0, 0.1) is 0 Å². The lowest BCUT2D eigenvalue weighted by Gasteiger charge is -2.16. The van der Waals surface area contributed by atoms with Gasteiger partial charge in [0, 0.05) is 18.9 Å². The number of hydrogen-bond acceptors (Lipinski definition) is 5. The summed E-state index contributed by atoms with van der Waals surface area (Å²) in [7, 11) is -3.13. The Bertz CT molecular complexity index is 492. The van der Waals surface area contributed by atoms with Gasteiger partial charge >= 0.3 is 0 Å². The van der Waals surface area contributed by atoms with Gasteiger partial charge in [-0.2, -0.15) is 4.31 Å². The highest BCUT2D eigenvalue weighted by Crippen LogP contribution is 2.19. The molecule has 19 heavy (non-hydrogen) atoms. The van der Waals surface area contributed by atoms with Crippen molar-refractivity contribution in [2.75, 3.05) is 18.8 Å². The second kappa shape index (κ2) is 6.29. The molecule has 1 aromatic heterocycles. The third kappa shape index (κ3) is 3.87. The highest BCUT2D eigenvalue weighted by Gasteiger charge is 2.32. The minimum atomic E-state index is -3.13. The van der Waals surface area contributed by atoms with E-state index in [9.17, 15) is 8.42 Å². The molecule has 0 aromatic carbocycles. The Balaban J connectivity index is 1.89.